The average Bonchev–Trinajstić information content (AvgIpc) is 2.56. The average molecular weight is 341 g/mol. The molecule has 1 N–H and O–H groups in total. The van der Waals surface area contributed by atoms with Gasteiger partial charge in [-0.1, -0.05) is 38.1 Å². The molecule has 0 radical (unpaired) electrons. The van der Waals surface area contributed by atoms with Crippen LogP contribution in [0.2, 0.25) is 0 Å². The van der Waals surface area contributed by atoms with Gasteiger partial charge in [0.15, 0.2) is 0 Å². The standard InChI is InChI=1S/C16H27N3O3S/c1-3-19(4-2)23(20,21)17-13-15-7-5-6-8-16(15)14-18-9-11-22-12-10-18/h5-8,17H,3-4,9-14H2,1-2H3. The minimum absolute atomic E-state index is 0.319. The molecule has 6 nitrogen and oxygen atoms in total. The van der Waals surface area contributed by atoms with E-state index in [1.165, 1.54) is 4.31 Å². The lowest BCUT2D eigenvalue weighted by atomic mass is 10.1. The molecule has 0 unspecified atom stereocenters. The van der Waals surface area contributed by atoms with Gasteiger partial charge in [-0.2, -0.15) is 17.4 Å². The minimum atomic E-state index is -3.42. The fourth-order valence-corrected chi connectivity index (χ4v) is 3.91. The second kappa shape index (κ2) is 8.75. The predicted octanol–water partition coefficient (Wildman–Crippen LogP) is 1.20. The molecule has 0 aliphatic carbocycles. The van der Waals surface area contributed by atoms with E-state index in [0.717, 1.165) is 44.0 Å². The molecule has 2 rings (SSSR count). The van der Waals surface area contributed by atoms with Crippen molar-refractivity contribution in [1.29, 1.82) is 0 Å². The topological polar surface area (TPSA) is 61.9 Å². The number of nitrogens with zero attached hydrogens (tertiary/aromatic N) is 2. The Morgan fingerprint density at radius 2 is 1.74 bits per heavy atom. The van der Waals surface area contributed by atoms with Gasteiger partial charge in [0.2, 0.25) is 0 Å². The molecule has 7 heteroatoms. The summed E-state index contributed by atoms with van der Waals surface area (Å²) < 4.78 is 34.0. The lowest BCUT2D eigenvalue weighted by Gasteiger charge is -2.27. The molecule has 1 aromatic carbocycles. The second-order valence-electron chi connectivity index (χ2n) is 5.57. The van der Waals surface area contributed by atoms with Crippen LogP contribution in [0.4, 0.5) is 0 Å². The van der Waals surface area contributed by atoms with Crippen molar-refractivity contribution in [3.8, 4) is 0 Å². The lowest BCUT2D eigenvalue weighted by molar-refractivity contribution is 0.0341. The summed E-state index contributed by atoms with van der Waals surface area (Å²) in [6.07, 6.45) is 0. The maximum absolute atomic E-state index is 12.3. The third-order valence-electron chi connectivity index (χ3n) is 4.11. The van der Waals surface area contributed by atoms with Gasteiger partial charge >= 0.3 is 0 Å². The largest absolute Gasteiger partial charge is 0.379 e. The van der Waals surface area contributed by atoms with E-state index in [4.69, 9.17) is 4.74 Å². The Kier molecular flexibility index (Phi) is 6.98. The molecule has 0 saturated carbocycles. The highest BCUT2D eigenvalue weighted by atomic mass is 32.2. The van der Waals surface area contributed by atoms with Gasteiger partial charge < -0.3 is 4.74 Å². The molecule has 0 atom stereocenters. The molecule has 1 heterocycles. The molecule has 0 spiro atoms. The normalized spacial score (nSPS) is 16.8. The van der Waals surface area contributed by atoms with Gasteiger partial charge in [-0.05, 0) is 11.1 Å². The number of rotatable bonds is 8. The fourth-order valence-electron chi connectivity index (χ4n) is 2.71. The van der Waals surface area contributed by atoms with E-state index in [-0.39, 0.29) is 0 Å². The zero-order valence-electron chi connectivity index (χ0n) is 14.0. The molecule has 1 fully saturated rings. The van der Waals surface area contributed by atoms with Crippen molar-refractivity contribution < 1.29 is 13.2 Å². The number of morpholine rings is 1. The molecule has 1 aromatic rings. The molecule has 1 aliphatic rings. The summed E-state index contributed by atoms with van der Waals surface area (Å²) in [6, 6.07) is 8.00. The number of hydrogen-bond donors (Lipinski definition) is 1. The van der Waals surface area contributed by atoms with E-state index in [0.29, 0.717) is 19.6 Å². The quantitative estimate of drug-likeness (QED) is 0.772. The van der Waals surface area contributed by atoms with Gasteiger partial charge in [-0.3, -0.25) is 4.90 Å². The van der Waals surface area contributed by atoms with E-state index >= 15 is 0 Å². The van der Waals surface area contributed by atoms with Gasteiger partial charge in [0.05, 0.1) is 13.2 Å². The van der Waals surface area contributed by atoms with E-state index in [1.54, 1.807) is 0 Å². The van der Waals surface area contributed by atoms with Crippen LogP contribution in [0.15, 0.2) is 24.3 Å². The first-order valence-electron chi connectivity index (χ1n) is 8.18. The van der Waals surface area contributed by atoms with Crippen LogP contribution in [0.3, 0.4) is 0 Å². The summed E-state index contributed by atoms with van der Waals surface area (Å²) in [5, 5.41) is 0. The molecule has 130 valence electrons. The fraction of sp³-hybridized carbons (Fsp3) is 0.625. The Morgan fingerprint density at radius 3 is 2.35 bits per heavy atom. The van der Waals surface area contributed by atoms with E-state index < -0.39 is 10.2 Å². The Balaban J connectivity index is 2.02. The monoisotopic (exact) mass is 341 g/mol. The predicted molar refractivity (Wildman–Crippen MR) is 91.2 cm³/mol. The maximum Gasteiger partial charge on any atom is 0.279 e. The summed E-state index contributed by atoms with van der Waals surface area (Å²) in [6.45, 7) is 9.13. The molecular weight excluding hydrogens is 314 g/mol. The van der Waals surface area contributed by atoms with Crippen molar-refractivity contribution in [2.75, 3.05) is 39.4 Å². The van der Waals surface area contributed by atoms with E-state index in [1.807, 2.05) is 32.0 Å². The van der Waals surface area contributed by atoms with Crippen molar-refractivity contribution in [3.05, 3.63) is 35.4 Å². The van der Waals surface area contributed by atoms with Crippen molar-refractivity contribution in [3.63, 3.8) is 0 Å². The minimum Gasteiger partial charge on any atom is -0.379 e. The maximum atomic E-state index is 12.3. The first-order valence-corrected chi connectivity index (χ1v) is 9.62. The summed E-state index contributed by atoms with van der Waals surface area (Å²) >= 11 is 0. The molecule has 0 bridgehead atoms. The highest BCUT2D eigenvalue weighted by Crippen LogP contribution is 2.13. The number of benzene rings is 1. The first kappa shape index (κ1) is 18.4. The van der Waals surface area contributed by atoms with Crippen molar-refractivity contribution in [2.24, 2.45) is 0 Å². The van der Waals surface area contributed by atoms with E-state index in [9.17, 15) is 8.42 Å². The smallest absolute Gasteiger partial charge is 0.279 e. The van der Waals surface area contributed by atoms with Gasteiger partial charge in [-0.15, -0.1) is 0 Å². The summed E-state index contributed by atoms with van der Waals surface area (Å²) in [7, 11) is -3.42. The first-order chi connectivity index (χ1) is 11.1. The lowest BCUT2D eigenvalue weighted by Crippen LogP contribution is -2.40. The number of hydrogen-bond acceptors (Lipinski definition) is 4. The highest BCUT2D eigenvalue weighted by Gasteiger charge is 2.19. The van der Waals surface area contributed by atoms with Crippen LogP contribution in [0.5, 0.6) is 0 Å². The molecule has 0 aromatic heterocycles. The van der Waals surface area contributed by atoms with Crippen LogP contribution in [-0.4, -0.2) is 57.0 Å². The summed E-state index contributed by atoms with van der Waals surface area (Å²) in [5.41, 5.74) is 2.19. The van der Waals surface area contributed by atoms with Gasteiger partial charge in [-0.25, -0.2) is 0 Å². The summed E-state index contributed by atoms with van der Waals surface area (Å²) in [5.74, 6) is 0. The van der Waals surface area contributed by atoms with Crippen LogP contribution in [0.1, 0.15) is 25.0 Å². The third kappa shape index (κ3) is 5.26. The SMILES string of the molecule is CCN(CC)S(=O)(=O)NCc1ccccc1CN1CCOCC1. The Bertz CT molecular complexity index is 582. The Hall–Kier alpha value is -0.990. The molecule has 1 saturated heterocycles. The van der Waals surface area contributed by atoms with Crippen molar-refractivity contribution >= 4 is 10.2 Å². The van der Waals surface area contributed by atoms with E-state index in [2.05, 4.69) is 15.7 Å². The number of nitrogens with one attached hydrogen (secondary N) is 1. The van der Waals surface area contributed by atoms with Crippen molar-refractivity contribution in [2.45, 2.75) is 26.9 Å². The van der Waals surface area contributed by atoms with Crippen LogP contribution >= 0.6 is 0 Å². The summed E-state index contributed by atoms with van der Waals surface area (Å²) in [4.78, 5) is 2.33. The molecule has 23 heavy (non-hydrogen) atoms. The van der Waals surface area contributed by atoms with Crippen LogP contribution in [0, 0.1) is 0 Å². The van der Waals surface area contributed by atoms with Crippen LogP contribution in [-0.2, 0) is 28.0 Å². The molecule has 0 amide bonds. The Morgan fingerprint density at radius 1 is 1.13 bits per heavy atom. The van der Waals surface area contributed by atoms with Crippen LogP contribution in [0.25, 0.3) is 0 Å². The molecule has 1 aliphatic heterocycles. The zero-order chi connectivity index (χ0) is 16.7. The third-order valence-corrected chi connectivity index (χ3v) is 5.81. The highest BCUT2D eigenvalue weighted by molar-refractivity contribution is 7.87. The van der Waals surface area contributed by atoms with Gasteiger partial charge in [0.25, 0.3) is 10.2 Å². The van der Waals surface area contributed by atoms with Crippen molar-refractivity contribution in [1.82, 2.24) is 13.9 Å². The van der Waals surface area contributed by atoms with Gasteiger partial charge in [0.1, 0.15) is 0 Å². The Labute approximate surface area is 139 Å². The van der Waals surface area contributed by atoms with Gasteiger partial charge in [0, 0.05) is 39.3 Å². The van der Waals surface area contributed by atoms with Crippen LogP contribution < -0.4 is 4.72 Å². The molecular formula is C16H27N3O3S. The second-order valence-corrected chi connectivity index (χ2v) is 7.32. The zero-order valence-corrected chi connectivity index (χ0v) is 14.8. The number of ether oxygens (including phenoxy) is 1.